The number of hydrogen-bond acceptors (Lipinski definition) is 0. The van der Waals surface area contributed by atoms with Crippen LogP contribution in [0.5, 0.6) is 0 Å². The molecule has 0 aliphatic carbocycles. The van der Waals surface area contributed by atoms with Gasteiger partial charge in [0.25, 0.3) is 0 Å². The fourth-order valence-corrected chi connectivity index (χ4v) is 3.58. The molecule has 0 unspecified atom stereocenters. The van der Waals surface area contributed by atoms with Gasteiger partial charge in [0.15, 0.2) is 9.79 Å². The van der Waals surface area contributed by atoms with Gasteiger partial charge < -0.3 is 0 Å². The summed E-state index contributed by atoms with van der Waals surface area (Å²) in [6.45, 7) is 0. The van der Waals surface area contributed by atoms with E-state index in [1.54, 1.807) is 0 Å². The van der Waals surface area contributed by atoms with E-state index < -0.39 is 0 Å². The van der Waals surface area contributed by atoms with Crippen LogP contribution < -0.4 is 0 Å². The summed E-state index contributed by atoms with van der Waals surface area (Å²) in [5, 5.41) is 0. The maximum absolute atomic E-state index is 3.72. The molecule has 14 heavy (non-hydrogen) atoms. The zero-order chi connectivity index (χ0) is 9.80. The fourth-order valence-electron chi connectivity index (χ4n) is 1.22. The van der Waals surface area contributed by atoms with E-state index in [0.717, 1.165) is 0 Å². The highest BCUT2D eigenvalue weighted by Crippen LogP contribution is 2.28. The molecule has 0 saturated carbocycles. The van der Waals surface area contributed by atoms with Gasteiger partial charge in [0, 0.05) is 0 Å². The Morgan fingerprint density at radius 3 is 1.36 bits per heavy atom. The van der Waals surface area contributed by atoms with Crippen molar-refractivity contribution in [3.8, 4) is 0 Å². The highest BCUT2D eigenvalue weighted by atomic mass is 79.9. The Hall–Kier alpha value is -0.730. The average Bonchev–Trinajstić information content (AvgIpc) is 2.30. The Kier molecular flexibility index (Phi) is 3.27. The zero-order valence-electron chi connectivity index (χ0n) is 7.56. The molecule has 2 heteroatoms. The Labute approximate surface area is 94.5 Å². The van der Waals surface area contributed by atoms with E-state index in [1.165, 1.54) is 9.79 Å². The molecule has 0 fully saturated rings. The van der Waals surface area contributed by atoms with E-state index in [-0.39, 0.29) is 9.33 Å². The molecule has 0 amide bonds. The number of hydrogen-bond donors (Lipinski definition) is 0. The standard InChI is InChI=1S/C12H10BrS/c13-14(11-7-3-1-4-8-11)12-9-5-2-6-10-12/h1-10H/q+1. The van der Waals surface area contributed by atoms with Gasteiger partial charge in [0.1, 0.15) is 9.33 Å². The van der Waals surface area contributed by atoms with Crippen molar-refractivity contribution in [2.75, 3.05) is 0 Å². The summed E-state index contributed by atoms with van der Waals surface area (Å²) in [6.07, 6.45) is 0. The second-order valence-corrected chi connectivity index (χ2v) is 6.28. The van der Waals surface area contributed by atoms with Crippen molar-refractivity contribution in [1.29, 1.82) is 0 Å². The fraction of sp³-hybridized carbons (Fsp3) is 0. The molecule has 2 aromatic carbocycles. The molecule has 0 bridgehead atoms. The molecule has 0 saturated heterocycles. The van der Waals surface area contributed by atoms with Crippen molar-refractivity contribution in [3.05, 3.63) is 60.7 Å². The smallest absolute Gasteiger partial charge is 0.0619 e. The third kappa shape index (κ3) is 2.20. The maximum Gasteiger partial charge on any atom is 0.245 e. The van der Waals surface area contributed by atoms with Crippen molar-refractivity contribution < 1.29 is 0 Å². The summed E-state index contributed by atoms with van der Waals surface area (Å²) in [7, 11) is 0.0157. The van der Waals surface area contributed by atoms with Crippen LogP contribution in [0.15, 0.2) is 70.5 Å². The van der Waals surface area contributed by atoms with E-state index in [1.807, 2.05) is 12.1 Å². The molecule has 0 N–H and O–H groups in total. The highest BCUT2D eigenvalue weighted by molar-refractivity contribution is 9.48. The summed E-state index contributed by atoms with van der Waals surface area (Å²) in [6, 6.07) is 20.9. The minimum absolute atomic E-state index is 0.0157. The highest BCUT2D eigenvalue weighted by Gasteiger charge is 2.21. The largest absolute Gasteiger partial charge is 0.245 e. The Bertz CT molecular complexity index is 346. The first-order valence-electron chi connectivity index (χ1n) is 4.38. The molecule has 0 heterocycles. The molecule has 2 rings (SSSR count). The molecule has 70 valence electrons. The van der Waals surface area contributed by atoms with Crippen LogP contribution in [0.2, 0.25) is 0 Å². The van der Waals surface area contributed by atoms with Crippen LogP contribution in [0, 0.1) is 0 Å². The predicted octanol–water partition coefficient (Wildman–Crippen LogP) is 4.03. The van der Waals surface area contributed by atoms with Gasteiger partial charge in [0.2, 0.25) is 14.8 Å². The molecule has 0 aliphatic heterocycles. The van der Waals surface area contributed by atoms with Crippen molar-refractivity contribution in [2.45, 2.75) is 9.79 Å². The van der Waals surface area contributed by atoms with Gasteiger partial charge in [-0.05, 0) is 24.3 Å². The minimum atomic E-state index is 0.0157. The summed E-state index contributed by atoms with van der Waals surface area (Å²) in [5.41, 5.74) is 0. The molecule has 0 aliphatic rings. The summed E-state index contributed by atoms with van der Waals surface area (Å²) >= 11 is 3.72. The van der Waals surface area contributed by atoms with Crippen LogP contribution in [0.1, 0.15) is 0 Å². The molecule has 2 aromatic rings. The lowest BCUT2D eigenvalue weighted by molar-refractivity contribution is 1.40. The minimum Gasteiger partial charge on any atom is -0.0619 e. The monoisotopic (exact) mass is 265 g/mol. The maximum atomic E-state index is 3.72. The lowest BCUT2D eigenvalue weighted by Gasteiger charge is -1.97. The second kappa shape index (κ2) is 4.67. The van der Waals surface area contributed by atoms with Crippen LogP contribution in [0.4, 0.5) is 0 Å². The Morgan fingerprint density at radius 1 is 0.643 bits per heavy atom. The Balaban J connectivity index is 2.30. The van der Waals surface area contributed by atoms with Crippen molar-refractivity contribution in [2.24, 2.45) is 0 Å². The summed E-state index contributed by atoms with van der Waals surface area (Å²) in [4.78, 5) is 2.64. The number of rotatable bonds is 2. The van der Waals surface area contributed by atoms with E-state index in [9.17, 15) is 0 Å². The number of benzene rings is 2. The van der Waals surface area contributed by atoms with Gasteiger partial charge in [-0.25, -0.2) is 0 Å². The second-order valence-electron chi connectivity index (χ2n) is 2.88. The van der Waals surface area contributed by atoms with Crippen LogP contribution >= 0.6 is 14.8 Å². The van der Waals surface area contributed by atoms with Gasteiger partial charge in [-0.3, -0.25) is 0 Å². The lowest BCUT2D eigenvalue weighted by atomic mass is 10.4. The van der Waals surface area contributed by atoms with Gasteiger partial charge in [-0.2, -0.15) is 0 Å². The summed E-state index contributed by atoms with van der Waals surface area (Å²) in [5.74, 6) is 0. The van der Waals surface area contributed by atoms with Crippen LogP contribution in [-0.4, -0.2) is 0 Å². The molecule has 0 radical (unpaired) electrons. The van der Waals surface area contributed by atoms with Crippen LogP contribution in [-0.2, 0) is 9.33 Å². The molecular formula is C12H10BrS+. The van der Waals surface area contributed by atoms with Crippen molar-refractivity contribution in [3.63, 3.8) is 0 Å². The summed E-state index contributed by atoms with van der Waals surface area (Å²) < 4.78 is 0. The Morgan fingerprint density at radius 2 is 1.00 bits per heavy atom. The average molecular weight is 266 g/mol. The molecule has 0 nitrogen and oxygen atoms in total. The molecular weight excluding hydrogens is 256 g/mol. The van der Waals surface area contributed by atoms with Gasteiger partial charge in [-0.1, -0.05) is 36.4 Å². The van der Waals surface area contributed by atoms with Gasteiger partial charge in [-0.15, -0.1) is 0 Å². The first-order valence-corrected chi connectivity index (χ1v) is 7.45. The zero-order valence-corrected chi connectivity index (χ0v) is 9.96. The first-order chi connectivity index (χ1) is 6.88. The van der Waals surface area contributed by atoms with E-state index in [2.05, 4.69) is 63.3 Å². The van der Waals surface area contributed by atoms with E-state index >= 15 is 0 Å². The third-order valence-electron chi connectivity index (χ3n) is 1.90. The number of halogens is 1. The van der Waals surface area contributed by atoms with E-state index in [4.69, 9.17) is 0 Å². The lowest BCUT2D eigenvalue weighted by Crippen LogP contribution is -1.92. The van der Waals surface area contributed by atoms with Crippen LogP contribution in [0.3, 0.4) is 0 Å². The quantitative estimate of drug-likeness (QED) is 0.720. The van der Waals surface area contributed by atoms with Gasteiger partial charge >= 0.3 is 0 Å². The van der Waals surface area contributed by atoms with Gasteiger partial charge in [0.05, 0.1) is 0 Å². The molecule has 0 atom stereocenters. The van der Waals surface area contributed by atoms with Crippen molar-refractivity contribution in [1.82, 2.24) is 0 Å². The topological polar surface area (TPSA) is 0 Å². The van der Waals surface area contributed by atoms with Crippen molar-refractivity contribution >= 4 is 24.1 Å². The SMILES string of the molecule is Br[S+](c1ccccc1)c1ccccc1. The predicted molar refractivity (Wildman–Crippen MR) is 65.7 cm³/mol. The normalized spacial score (nSPS) is 10.4. The molecule has 0 spiro atoms. The molecule has 0 aromatic heterocycles. The third-order valence-corrected chi connectivity index (χ3v) is 5.52. The van der Waals surface area contributed by atoms with Crippen LogP contribution in [0.25, 0.3) is 0 Å². The first kappa shape index (κ1) is 9.81. The van der Waals surface area contributed by atoms with E-state index in [0.29, 0.717) is 0 Å².